The maximum Gasteiger partial charge on any atom is 0.191 e. The summed E-state index contributed by atoms with van der Waals surface area (Å²) in [6.07, 6.45) is 9.16. The van der Waals surface area contributed by atoms with E-state index in [0.29, 0.717) is 12.6 Å². The highest BCUT2D eigenvalue weighted by Gasteiger charge is 2.23. The number of aromatic nitrogens is 2. The summed E-state index contributed by atoms with van der Waals surface area (Å²) in [6.45, 7) is 5.98. The van der Waals surface area contributed by atoms with E-state index in [-0.39, 0.29) is 30.0 Å². The lowest BCUT2D eigenvalue weighted by atomic mass is 9.95. The quantitative estimate of drug-likeness (QED) is 0.321. The maximum absolute atomic E-state index is 4.89. The van der Waals surface area contributed by atoms with E-state index in [2.05, 4.69) is 66.5 Å². The van der Waals surface area contributed by atoms with E-state index in [1.165, 1.54) is 37.0 Å². The van der Waals surface area contributed by atoms with Gasteiger partial charge in [0.15, 0.2) is 5.96 Å². The number of likely N-dealkylation sites (N-methyl/N-ethyl adjacent to an activating group) is 1. The van der Waals surface area contributed by atoms with Crippen LogP contribution in [0.25, 0.3) is 0 Å². The van der Waals surface area contributed by atoms with Gasteiger partial charge in [-0.1, -0.05) is 13.3 Å². The van der Waals surface area contributed by atoms with Crippen molar-refractivity contribution in [2.45, 2.75) is 56.9 Å². The van der Waals surface area contributed by atoms with Crippen LogP contribution in [-0.2, 0) is 7.05 Å². The van der Waals surface area contributed by atoms with Crippen LogP contribution in [0.1, 0.15) is 51.1 Å². The number of halogens is 1. The van der Waals surface area contributed by atoms with Crippen LogP contribution in [0.4, 0.5) is 0 Å². The molecule has 1 aliphatic rings. The summed E-state index contributed by atoms with van der Waals surface area (Å²) in [5.41, 5.74) is 1.20. The molecule has 1 fully saturated rings. The second-order valence-electron chi connectivity index (χ2n) is 7.23. The predicted molar refractivity (Wildman–Crippen MR) is 128 cm³/mol. The van der Waals surface area contributed by atoms with Crippen LogP contribution in [0.15, 0.2) is 17.4 Å². The fourth-order valence-corrected chi connectivity index (χ4v) is 4.71. The average molecular weight is 509 g/mol. The first-order valence-electron chi connectivity index (χ1n) is 9.84. The largest absolute Gasteiger partial charge is 0.357 e. The van der Waals surface area contributed by atoms with Crippen LogP contribution in [0.2, 0.25) is 0 Å². The van der Waals surface area contributed by atoms with Crippen LogP contribution < -0.4 is 10.6 Å². The summed E-state index contributed by atoms with van der Waals surface area (Å²) in [5, 5.41) is 12.2. The summed E-state index contributed by atoms with van der Waals surface area (Å²) in [6, 6.07) is 0.760. The summed E-state index contributed by atoms with van der Waals surface area (Å²) in [7, 11) is 6.15. The molecule has 3 atom stereocenters. The predicted octanol–water partition coefficient (Wildman–Crippen LogP) is 3.26. The summed E-state index contributed by atoms with van der Waals surface area (Å²) in [4.78, 5) is 7.10. The fraction of sp³-hybridized carbons (Fsp3) is 0.789. The third-order valence-electron chi connectivity index (χ3n) is 4.87. The molecule has 1 aliphatic carbocycles. The lowest BCUT2D eigenvalue weighted by Crippen LogP contribution is -2.46. The summed E-state index contributed by atoms with van der Waals surface area (Å²) >= 11 is 2.10. The van der Waals surface area contributed by atoms with Crippen LogP contribution in [0.5, 0.6) is 0 Å². The van der Waals surface area contributed by atoms with E-state index < -0.39 is 0 Å². The molecule has 1 aromatic rings. The highest BCUT2D eigenvalue weighted by molar-refractivity contribution is 14.0. The maximum atomic E-state index is 4.89. The molecule has 0 amide bonds. The van der Waals surface area contributed by atoms with E-state index in [1.807, 2.05) is 17.9 Å². The SMILES string of the molecule is CCNC(=NCC(c1cnn(C)c1)N(C)C)NC1CCCC(SCC)C1.I. The standard InChI is InChI=1S/C19H36N6S.HI/c1-6-20-19(23-16-9-8-10-17(11-16)26-7-2)21-13-18(24(3)4)15-12-22-25(5)14-15;/h12,14,16-18H,6-11,13H2,1-5H3,(H2,20,21,23);1H. The average Bonchev–Trinajstić information content (AvgIpc) is 3.01. The summed E-state index contributed by atoms with van der Waals surface area (Å²) in [5.74, 6) is 2.15. The van der Waals surface area contributed by atoms with Gasteiger partial charge in [-0.2, -0.15) is 16.9 Å². The molecule has 27 heavy (non-hydrogen) atoms. The molecule has 2 rings (SSSR count). The second kappa shape index (κ2) is 12.9. The molecule has 1 saturated carbocycles. The number of hydrogen-bond donors (Lipinski definition) is 2. The molecule has 1 heterocycles. The first-order chi connectivity index (χ1) is 12.5. The zero-order valence-electron chi connectivity index (χ0n) is 17.4. The first-order valence-corrected chi connectivity index (χ1v) is 10.9. The molecule has 6 nitrogen and oxygen atoms in total. The Morgan fingerprint density at radius 2 is 2.19 bits per heavy atom. The van der Waals surface area contributed by atoms with E-state index in [4.69, 9.17) is 4.99 Å². The highest BCUT2D eigenvalue weighted by Crippen LogP contribution is 2.28. The second-order valence-corrected chi connectivity index (χ2v) is 8.81. The minimum Gasteiger partial charge on any atom is -0.357 e. The molecule has 0 spiro atoms. The van der Waals surface area contributed by atoms with Gasteiger partial charge in [-0.3, -0.25) is 9.67 Å². The van der Waals surface area contributed by atoms with Gasteiger partial charge in [-0.25, -0.2) is 0 Å². The Morgan fingerprint density at radius 3 is 2.78 bits per heavy atom. The van der Waals surface area contributed by atoms with E-state index >= 15 is 0 Å². The van der Waals surface area contributed by atoms with Crippen molar-refractivity contribution < 1.29 is 0 Å². The number of rotatable bonds is 8. The van der Waals surface area contributed by atoms with Crippen molar-refractivity contribution in [2.75, 3.05) is 32.9 Å². The van der Waals surface area contributed by atoms with Gasteiger partial charge in [0, 0.05) is 36.6 Å². The van der Waals surface area contributed by atoms with Gasteiger partial charge in [0.05, 0.1) is 18.8 Å². The molecule has 0 aliphatic heterocycles. The van der Waals surface area contributed by atoms with Crippen LogP contribution in [0.3, 0.4) is 0 Å². The molecule has 8 heteroatoms. The fourth-order valence-electron chi connectivity index (χ4n) is 3.53. The van der Waals surface area contributed by atoms with Gasteiger partial charge in [-0.15, -0.1) is 24.0 Å². The number of nitrogens with zero attached hydrogens (tertiary/aromatic N) is 4. The molecule has 1 aromatic heterocycles. The third kappa shape index (κ3) is 8.19. The molecule has 2 N–H and O–H groups in total. The number of aliphatic imine (C=N–C) groups is 1. The lowest BCUT2D eigenvalue weighted by Gasteiger charge is -2.30. The molecule has 0 radical (unpaired) electrons. The number of nitrogens with one attached hydrogen (secondary N) is 2. The lowest BCUT2D eigenvalue weighted by molar-refractivity contribution is 0.306. The Kier molecular flexibility index (Phi) is 11.7. The molecule has 0 saturated heterocycles. The van der Waals surface area contributed by atoms with E-state index in [1.54, 1.807) is 0 Å². The Labute approximate surface area is 186 Å². The van der Waals surface area contributed by atoms with Crippen molar-refractivity contribution in [3.63, 3.8) is 0 Å². The number of hydrogen-bond acceptors (Lipinski definition) is 4. The molecule has 156 valence electrons. The minimum atomic E-state index is 0. The van der Waals surface area contributed by atoms with Gasteiger partial charge in [0.1, 0.15) is 0 Å². The van der Waals surface area contributed by atoms with Crippen molar-refractivity contribution >= 4 is 41.7 Å². The Bertz CT molecular complexity index is 560. The number of thioether (sulfide) groups is 1. The zero-order valence-corrected chi connectivity index (χ0v) is 20.6. The molecule has 3 unspecified atom stereocenters. The van der Waals surface area contributed by atoms with Crippen LogP contribution >= 0.6 is 35.7 Å². The van der Waals surface area contributed by atoms with Crippen molar-refractivity contribution in [3.8, 4) is 0 Å². The molecular weight excluding hydrogens is 471 g/mol. The first kappa shape index (κ1) is 24.6. The Balaban J connectivity index is 0.00000364. The number of aryl methyl sites for hydroxylation is 1. The zero-order chi connectivity index (χ0) is 18.9. The van der Waals surface area contributed by atoms with E-state index in [0.717, 1.165) is 17.8 Å². The Morgan fingerprint density at radius 1 is 1.41 bits per heavy atom. The van der Waals surface area contributed by atoms with Crippen LogP contribution in [-0.4, -0.2) is 64.9 Å². The molecular formula is C19H37IN6S. The van der Waals surface area contributed by atoms with Gasteiger partial charge in [0.25, 0.3) is 0 Å². The van der Waals surface area contributed by atoms with Gasteiger partial charge in [0.2, 0.25) is 0 Å². The molecule has 0 bridgehead atoms. The van der Waals surface area contributed by atoms with Crippen molar-refractivity contribution in [3.05, 3.63) is 18.0 Å². The number of guanidine groups is 1. The van der Waals surface area contributed by atoms with Gasteiger partial charge in [-0.05, 0) is 46.0 Å². The smallest absolute Gasteiger partial charge is 0.191 e. The van der Waals surface area contributed by atoms with Crippen molar-refractivity contribution in [1.29, 1.82) is 0 Å². The van der Waals surface area contributed by atoms with Crippen molar-refractivity contribution in [2.24, 2.45) is 12.0 Å². The van der Waals surface area contributed by atoms with E-state index in [9.17, 15) is 0 Å². The topological polar surface area (TPSA) is 57.5 Å². The minimum absolute atomic E-state index is 0. The van der Waals surface area contributed by atoms with Gasteiger partial charge >= 0.3 is 0 Å². The normalized spacial score (nSPS) is 21.6. The monoisotopic (exact) mass is 508 g/mol. The van der Waals surface area contributed by atoms with Crippen LogP contribution in [0, 0.1) is 0 Å². The highest BCUT2D eigenvalue weighted by atomic mass is 127. The molecule has 0 aromatic carbocycles. The van der Waals surface area contributed by atoms with Gasteiger partial charge < -0.3 is 15.5 Å². The van der Waals surface area contributed by atoms with Crippen molar-refractivity contribution in [1.82, 2.24) is 25.3 Å². The summed E-state index contributed by atoms with van der Waals surface area (Å²) < 4.78 is 1.85. The third-order valence-corrected chi connectivity index (χ3v) is 6.10. The Hall–Kier alpha value is -0.480.